The highest BCUT2D eigenvalue weighted by Crippen LogP contribution is 2.32. The number of sulfonamides is 1. The molecule has 1 unspecified atom stereocenters. The van der Waals surface area contributed by atoms with Crippen molar-refractivity contribution in [3.63, 3.8) is 0 Å². The van der Waals surface area contributed by atoms with Crippen molar-refractivity contribution in [1.29, 1.82) is 0 Å². The Bertz CT molecular complexity index is 1140. The number of benzene rings is 2. The lowest BCUT2D eigenvalue weighted by Gasteiger charge is -2.33. The van der Waals surface area contributed by atoms with E-state index in [2.05, 4.69) is 5.32 Å². The van der Waals surface area contributed by atoms with Crippen LogP contribution in [0.5, 0.6) is 11.5 Å². The van der Waals surface area contributed by atoms with Gasteiger partial charge in [0, 0.05) is 24.2 Å². The first-order valence-electron chi connectivity index (χ1n) is 11.6. The molecule has 0 aliphatic rings. The maximum absolute atomic E-state index is 13.7. The molecule has 2 aromatic carbocycles. The summed E-state index contributed by atoms with van der Waals surface area (Å²) < 4.78 is 37.0. The fourth-order valence-corrected chi connectivity index (χ4v) is 4.63. The van der Waals surface area contributed by atoms with Crippen molar-refractivity contribution in [3.8, 4) is 11.5 Å². The summed E-state index contributed by atoms with van der Waals surface area (Å²) in [5, 5.41) is 3.38. The van der Waals surface area contributed by atoms with Gasteiger partial charge >= 0.3 is 0 Å². The number of ether oxygens (including phenoxy) is 2. The van der Waals surface area contributed by atoms with Crippen molar-refractivity contribution in [1.82, 2.24) is 10.2 Å². The van der Waals surface area contributed by atoms with E-state index in [1.165, 1.54) is 31.3 Å². The maximum atomic E-state index is 13.7. The molecule has 0 fully saturated rings. The van der Waals surface area contributed by atoms with E-state index in [1.54, 1.807) is 37.3 Å². The number of nitrogens with zero attached hydrogens (tertiary/aromatic N) is 2. The molecule has 9 nitrogen and oxygen atoms in total. The molecule has 1 N–H and O–H groups in total. The first-order valence-corrected chi connectivity index (χ1v) is 13.8. The number of halogens is 1. The molecule has 2 aromatic rings. The van der Waals surface area contributed by atoms with Crippen LogP contribution in [-0.4, -0.2) is 64.7 Å². The van der Waals surface area contributed by atoms with Gasteiger partial charge in [-0.25, -0.2) is 8.42 Å². The average molecular weight is 540 g/mol. The Morgan fingerprint density at radius 3 is 2.19 bits per heavy atom. The second kappa shape index (κ2) is 13.4. The van der Waals surface area contributed by atoms with Gasteiger partial charge in [-0.3, -0.25) is 13.9 Å². The normalized spacial score (nSPS) is 11.9. The zero-order chi connectivity index (χ0) is 26.9. The highest BCUT2D eigenvalue weighted by molar-refractivity contribution is 7.92. The number of carbonyl (C=O) groups excluding carboxylic acids is 2. The number of carbonyl (C=O) groups is 2. The maximum Gasteiger partial charge on any atom is 0.244 e. The van der Waals surface area contributed by atoms with Gasteiger partial charge in [-0.15, -0.1) is 0 Å². The van der Waals surface area contributed by atoms with Crippen LogP contribution in [0.4, 0.5) is 5.69 Å². The van der Waals surface area contributed by atoms with Crippen molar-refractivity contribution >= 4 is 39.1 Å². The van der Waals surface area contributed by atoms with Crippen LogP contribution >= 0.6 is 11.6 Å². The van der Waals surface area contributed by atoms with Crippen molar-refractivity contribution in [2.75, 3.05) is 37.9 Å². The van der Waals surface area contributed by atoms with Crippen molar-refractivity contribution in [3.05, 3.63) is 53.1 Å². The molecule has 36 heavy (non-hydrogen) atoms. The predicted molar refractivity (Wildman–Crippen MR) is 141 cm³/mol. The number of rotatable bonds is 13. The van der Waals surface area contributed by atoms with Gasteiger partial charge in [0.2, 0.25) is 21.8 Å². The zero-order valence-corrected chi connectivity index (χ0v) is 22.9. The minimum Gasteiger partial charge on any atom is -0.493 e. The highest BCUT2D eigenvalue weighted by atomic mass is 35.5. The molecule has 2 amide bonds. The lowest BCUT2D eigenvalue weighted by Crippen LogP contribution is -2.52. The first-order chi connectivity index (χ1) is 17.0. The molecule has 0 saturated carbocycles. The molecular formula is C25H34ClN3O6S. The van der Waals surface area contributed by atoms with E-state index in [9.17, 15) is 18.0 Å². The topological polar surface area (TPSA) is 105 Å². The van der Waals surface area contributed by atoms with Crippen molar-refractivity contribution in [2.24, 2.45) is 0 Å². The van der Waals surface area contributed by atoms with Crippen LogP contribution in [-0.2, 0) is 26.2 Å². The van der Waals surface area contributed by atoms with Crippen LogP contribution in [0.2, 0.25) is 5.02 Å². The van der Waals surface area contributed by atoms with Gasteiger partial charge in [-0.1, -0.05) is 37.6 Å². The molecule has 0 spiro atoms. The summed E-state index contributed by atoms with van der Waals surface area (Å²) in [7, 11) is -0.958. The summed E-state index contributed by atoms with van der Waals surface area (Å²) in [5.74, 6) is -0.0779. The van der Waals surface area contributed by atoms with Crippen LogP contribution in [0, 0.1) is 0 Å². The van der Waals surface area contributed by atoms with Crippen molar-refractivity contribution in [2.45, 2.75) is 39.3 Å². The minimum atomic E-state index is -3.86. The second-order valence-electron chi connectivity index (χ2n) is 8.17. The Morgan fingerprint density at radius 2 is 1.67 bits per heavy atom. The molecule has 1 atom stereocenters. The van der Waals surface area contributed by atoms with E-state index in [0.717, 1.165) is 22.5 Å². The molecule has 0 radical (unpaired) electrons. The van der Waals surface area contributed by atoms with Crippen LogP contribution in [0.3, 0.4) is 0 Å². The predicted octanol–water partition coefficient (Wildman–Crippen LogP) is 3.46. The van der Waals surface area contributed by atoms with E-state index in [0.29, 0.717) is 29.5 Å². The van der Waals surface area contributed by atoms with E-state index < -0.39 is 28.5 Å². The molecule has 0 heterocycles. The summed E-state index contributed by atoms with van der Waals surface area (Å²) >= 11 is 6.00. The summed E-state index contributed by atoms with van der Waals surface area (Å²) in [6, 6.07) is 10.7. The largest absolute Gasteiger partial charge is 0.493 e. The standard InChI is InChI=1S/C25H34ClN3O6S/c1-6-14-27-25(31)21(7-2)28(16-18-8-10-19(26)11-9-18)24(30)17-29(36(5,32)33)20-12-13-22(34-3)23(15-20)35-4/h8-13,15,21H,6-7,14,16-17H2,1-5H3,(H,27,31). The van der Waals surface area contributed by atoms with E-state index >= 15 is 0 Å². The summed E-state index contributed by atoms with van der Waals surface area (Å²) in [6.07, 6.45) is 2.12. The fourth-order valence-electron chi connectivity index (χ4n) is 3.67. The molecular weight excluding hydrogens is 506 g/mol. The lowest BCUT2D eigenvalue weighted by molar-refractivity contribution is -0.140. The Kier molecular flexibility index (Phi) is 10.9. The van der Waals surface area contributed by atoms with Crippen LogP contribution < -0.4 is 19.1 Å². The lowest BCUT2D eigenvalue weighted by atomic mass is 10.1. The molecule has 0 aromatic heterocycles. The summed E-state index contributed by atoms with van der Waals surface area (Å²) in [5.41, 5.74) is 0.991. The SMILES string of the molecule is CCCNC(=O)C(CC)N(Cc1ccc(Cl)cc1)C(=O)CN(c1ccc(OC)c(OC)c1)S(C)(=O)=O. The average Bonchev–Trinajstić information content (AvgIpc) is 2.85. The van der Waals surface area contributed by atoms with E-state index in [-0.39, 0.29) is 18.1 Å². The van der Waals surface area contributed by atoms with Crippen LogP contribution in [0.15, 0.2) is 42.5 Å². The smallest absolute Gasteiger partial charge is 0.244 e. The number of methoxy groups -OCH3 is 2. The number of hydrogen-bond donors (Lipinski definition) is 1. The number of nitrogens with one attached hydrogen (secondary N) is 1. The molecule has 2 rings (SSSR count). The molecule has 0 aliphatic heterocycles. The molecule has 0 aliphatic carbocycles. The Hall–Kier alpha value is -2.98. The quantitative estimate of drug-likeness (QED) is 0.418. The Balaban J connectivity index is 2.46. The number of anilines is 1. The third-order valence-corrected chi connectivity index (χ3v) is 6.93. The highest BCUT2D eigenvalue weighted by Gasteiger charge is 2.31. The minimum absolute atomic E-state index is 0.109. The van der Waals surface area contributed by atoms with Gasteiger partial charge in [0.25, 0.3) is 0 Å². The first kappa shape index (κ1) is 29.3. The van der Waals surface area contributed by atoms with Gasteiger partial charge in [-0.05, 0) is 42.7 Å². The van der Waals surface area contributed by atoms with Gasteiger partial charge in [0.1, 0.15) is 12.6 Å². The zero-order valence-electron chi connectivity index (χ0n) is 21.3. The molecule has 11 heteroatoms. The van der Waals surface area contributed by atoms with Gasteiger partial charge in [0.05, 0.1) is 26.2 Å². The Morgan fingerprint density at radius 1 is 1.03 bits per heavy atom. The molecule has 198 valence electrons. The monoisotopic (exact) mass is 539 g/mol. The van der Waals surface area contributed by atoms with E-state index in [1.807, 2.05) is 6.92 Å². The summed E-state index contributed by atoms with van der Waals surface area (Å²) in [6.45, 7) is 3.82. The third-order valence-electron chi connectivity index (χ3n) is 5.54. The molecule has 0 bridgehead atoms. The third kappa shape index (κ3) is 7.76. The van der Waals surface area contributed by atoms with Crippen molar-refractivity contribution < 1.29 is 27.5 Å². The summed E-state index contributed by atoms with van der Waals surface area (Å²) in [4.78, 5) is 28.0. The number of amides is 2. The van der Waals surface area contributed by atoms with Gasteiger partial charge < -0.3 is 19.7 Å². The van der Waals surface area contributed by atoms with E-state index in [4.69, 9.17) is 21.1 Å². The van der Waals surface area contributed by atoms with Crippen LogP contribution in [0.25, 0.3) is 0 Å². The Labute approximate surface area is 218 Å². The number of hydrogen-bond acceptors (Lipinski definition) is 6. The van der Waals surface area contributed by atoms with Gasteiger partial charge in [-0.2, -0.15) is 0 Å². The molecule has 0 saturated heterocycles. The van der Waals surface area contributed by atoms with Gasteiger partial charge in [0.15, 0.2) is 11.5 Å². The second-order valence-corrected chi connectivity index (χ2v) is 10.5. The fraction of sp³-hybridized carbons (Fsp3) is 0.440. The van der Waals surface area contributed by atoms with Crippen LogP contribution in [0.1, 0.15) is 32.3 Å².